The standard InChI is InChI=1S/C30H40O12/c1-14-23(36)11-22-26(40-18(5)33)10-21(13-38-16(3)31)24(37)12-25(39-17(4)32)15(2)28(41-19(6)34)29(42-20(7)35)27(14)30(22,8)9/h10,22,24-26,29,37H,11-13H2,1-9H3/b21-10-,28-15+/t22-,24-,25-,26-,29+/m0/s1. The number of aliphatic hydroxyl groups excluding tert-OH is 1. The van der Waals surface area contributed by atoms with Gasteiger partial charge in [-0.25, -0.2) is 0 Å². The van der Waals surface area contributed by atoms with Gasteiger partial charge in [0, 0.05) is 59.0 Å². The Bertz CT molecular complexity index is 1230. The molecule has 0 aromatic heterocycles. The molecule has 0 aliphatic heterocycles. The first-order valence-electron chi connectivity index (χ1n) is 13.5. The highest BCUT2D eigenvalue weighted by atomic mass is 16.6. The first-order valence-corrected chi connectivity index (χ1v) is 13.5. The fraction of sp³-hybridized carbons (Fsp3) is 0.600. The number of rotatable bonds is 6. The van der Waals surface area contributed by atoms with E-state index in [2.05, 4.69) is 0 Å². The molecule has 12 nitrogen and oxygen atoms in total. The lowest BCUT2D eigenvalue weighted by Crippen LogP contribution is -2.47. The minimum atomic E-state index is -1.42. The quantitative estimate of drug-likeness (QED) is 0.272. The number of hydrogen-bond donors (Lipinski definition) is 1. The maximum atomic E-state index is 13.5. The summed E-state index contributed by atoms with van der Waals surface area (Å²) in [5.74, 6) is -4.86. The van der Waals surface area contributed by atoms with Crippen LogP contribution in [-0.2, 0) is 52.5 Å². The lowest BCUT2D eigenvalue weighted by Gasteiger charge is -2.46. The van der Waals surface area contributed by atoms with E-state index in [4.69, 9.17) is 23.7 Å². The Hall–Kier alpha value is -3.80. The van der Waals surface area contributed by atoms with Crippen molar-refractivity contribution < 1.29 is 57.6 Å². The number of ether oxygens (including phenoxy) is 5. The van der Waals surface area contributed by atoms with E-state index in [1.165, 1.54) is 26.8 Å². The highest BCUT2D eigenvalue weighted by Gasteiger charge is 2.50. The number of aliphatic hydroxyl groups is 1. The number of Topliss-reactive ketones (excluding diaryl/α,β-unsaturated/α-hetero) is 1. The number of hydrogen-bond acceptors (Lipinski definition) is 12. The van der Waals surface area contributed by atoms with Crippen LogP contribution in [0.1, 0.15) is 75.2 Å². The third-order valence-corrected chi connectivity index (χ3v) is 7.45. The summed E-state index contributed by atoms with van der Waals surface area (Å²) in [7, 11) is 0. The number of carbonyl (C=O) groups is 6. The molecule has 0 aromatic carbocycles. The normalized spacial score (nSPS) is 29.1. The maximum absolute atomic E-state index is 13.5. The number of carbonyl (C=O) groups excluding carboxylic acids is 6. The van der Waals surface area contributed by atoms with Crippen LogP contribution in [0.15, 0.2) is 34.1 Å². The molecule has 2 bridgehead atoms. The Balaban J connectivity index is 3.07. The summed E-state index contributed by atoms with van der Waals surface area (Å²) in [5, 5.41) is 11.4. The van der Waals surface area contributed by atoms with Crippen molar-refractivity contribution in [3.63, 3.8) is 0 Å². The molecule has 232 valence electrons. The SMILES string of the molecule is CC(=O)OC/C1=C/[C@H](OC(C)=O)[C@@H]2CC(=O)C(C)=C([C@@H](OC(C)=O)/C(OC(C)=O)=C(/C)[C@@H](OC(C)=O)C[C@@H]1O)C2(C)C. The molecule has 0 aromatic rings. The molecular weight excluding hydrogens is 552 g/mol. The molecule has 12 heteroatoms. The van der Waals surface area contributed by atoms with Crippen molar-refractivity contribution in [2.75, 3.05) is 6.61 Å². The molecule has 0 fully saturated rings. The van der Waals surface area contributed by atoms with E-state index in [0.29, 0.717) is 5.57 Å². The van der Waals surface area contributed by atoms with Crippen molar-refractivity contribution >= 4 is 35.6 Å². The number of ketones is 1. The van der Waals surface area contributed by atoms with E-state index in [1.54, 1.807) is 20.8 Å². The minimum Gasteiger partial charge on any atom is -0.461 e. The summed E-state index contributed by atoms with van der Waals surface area (Å²) >= 11 is 0. The fourth-order valence-electron chi connectivity index (χ4n) is 5.51. The zero-order chi connectivity index (χ0) is 32.1. The van der Waals surface area contributed by atoms with Gasteiger partial charge in [-0.15, -0.1) is 0 Å². The van der Waals surface area contributed by atoms with Crippen molar-refractivity contribution in [3.05, 3.63) is 34.1 Å². The second-order valence-corrected chi connectivity index (χ2v) is 11.1. The lowest BCUT2D eigenvalue weighted by atomic mass is 9.61. The second-order valence-electron chi connectivity index (χ2n) is 11.1. The molecule has 42 heavy (non-hydrogen) atoms. The van der Waals surface area contributed by atoms with E-state index in [9.17, 15) is 33.9 Å². The van der Waals surface area contributed by atoms with Crippen LogP contribution < -0.4 is 0 Å². The second kappa shape index (κ2) is 13.9. The minimum absolute atomic E-state index is 0.0812. The number of fused-ring (bicyclic) bond motifs is 2. The topological polar surface area (TPSA) is 169 Å². The van der Waals surface area contributed by atoms with E-state index < -0.39 is 65.6 Å². The van der Waals surface area contributed by atoms with Gasteiger partial charge in [-0.05, 0) is 42.1 Å². The summed E-state index contributed by atoms with van der Waals surface area (Å²) in [6.07, 6.45) is -4.12. The zero-order valence-corrected chi connectivity index (χ0v) is 25.5. The Morgan fingerprint density at radius 2 is 1.45 bits per heavy atom. The van der Waals surface area contributed by atoms with E-state index >= 15 is 0 Å². The van der Waals surface area contributed by atoms with Gasteiger partial charge in [0.2, 0.25) is 0 Å². The van der Waals surface area contributed by atoms with Crippen LogP contribution in [0.2, 0.25) is 0 Å². The van der Waals surface area contributed by atoms with Crippen molar-refractivity contribution in [2.45, 2.75) is 99.6 Å². The first kappa shape index (κ1) is 34.4. The van der Waals surface area contributed by atoms with E-state index in [1.807, 2.05) is 0 Å². The first-order chi connectivity index (χ1) is 19.4. The van der Waals surface area contributed by atoms with Crippen LogP contribution >= 0.6 is 0 Å². The van der Waals surface area contributed by atoms with E-state index in [-0.39, 0.29) is 47.7 Å². The summed E-state index contributed by atoms with van der Waals surface area (Å²) < 4.78 is 27.7. The molecule has 0 amide bonds. The molecule has 0 saturated heterocycles. The van der Waals surface area contributed by atoms with Gasteiger partial charge in [0.1, 0.15) is 18.8 Å². The molecule has 5 atom stereocenters. The van der Waals surface area contributed by atoms with Crippen LogP contribution in [0, 0.1) is 11.3 Å². The number of allylic oxidation sites excluding steroid dienone is 1. The van der Waals surface area contributed by atoms with Crippen LogP contribution in [0.3, 0.4) is 0 Å². The zero-order valence-electron chi connectivity index (χ0n) is 25.5. The Morgan fingerprint density at radius 3 is 1.95 bits per heavy atom. The van der Waals surface area contributed by atoms with E-state index in [0.717, 1.165) is 20.8 Å². The highest BCUT2D eigenvalue weighted by molar-refractivity contribution is 5.97. The molecule has 0 heterocycles. The monoisotopic (exact) mass is 592 g/mol. The molecule has 0 saturated carbocycles. The van der Waals surface area contributed by atoms with Crippen molar-refractivity contribution in [3.8, 4) is 0 Å². The van der Waals surface area contributed by atoms with Gasteiger partial charge in [0.15, 0.2) is 17.6 Å². The summed E-state index contributed by atoms with van der Waals surface area (Å²) in [6, 6.07) is 0. The molecular formula is C30H40O12. The summed E-state index contributed by atoms with van der Waals surface area (Å²) in [4.78, 5) is 74.4. The van der Waals surface area contributed by atoms with Crippen molar-refractivity contribution in [2.24, 2.45) is 11.3 Å². The number of esters is 5. The maximum Gasteiger partial charge on any atom is 0.307 e. The van der Waals surface area contributed by atoms with Gasteiger partial charge >= 0.3 is 29.8 Å². The lowest BCUT2D eigenvalue weighted by molar-refractivity contribution is -0.153. The third kappa shape index (κ3) is 8.37. The van der Waals surface area contributed by atoms with Crippen LogP contribution in [0.25, 0.3) is 0 Å². The molecule has 2 aliphatic carbocycles. The Labute approximate surface area is 245 Å². The fourth-order valence-corrected chi connectivity index (χ4v) is 5.51. The Morgan fingerprint density at radius 1 is 0.881 bits per heavy atom. The van der Waals surface area contributed by atoms with Crippen LogP contribution in [0.5, 0.6) is 0 Å². The highest BCUT2D eigenvalue weighted by Crippen LogP contribution is 2.50. The van der Waals surface area contributed by atoms with Gasteiger partial charge in [0.25, 0.3) is 0 Å². The van der Waals surface area contributed by atoms with Gasteiger partial charge in [-0.1, -0.05) is 13.8 Å². The van der Waals surface area contributed by atoms with Crippen LogP contribution in [-0.4, -0.2) is 71.8 Å². The van der Waals surface area contributed by atoms with Crippen molar-refractivity contribution in [1.29, 1.82) is 0 Å². The molecule has 2 rings (SSSR count). The third-order valence-electron chi connectivity index (χ3n) is 7.45. The van der Waals surface area contributed by atoms with Gasteiger partial charge in [-0.3, -0.25) is 28.8 Å². The average molecular weight is 593 g/mol. The molecule has 0 spiro atoms. The summed E-state index contributed by atoms with van der Waals surface area (Å²) in [6.45, 7) is 12.0. The van der Waals surface area contributed by atoms with Gasteiger partial charge < -0.3 is 28.8 Å². The van der Waals surface area contributed by atoms with Crippen molar-refractivity contribution in [1.82, 2.24) is 0 Å². The smallest absolute Gasteiger partial charge is 0.307 e. The van der Waals surface area contributed by atoms with Gasteiger partial charge in [0.05, 0.1) is 6.10 Å². The Kier molecular flexibility index (Phi) is 11.4. The average Bonchev–Trinajstić information content (AvgIpc) is 2.83. The molecule has 1 N–H and O–H groups in total. The molecule has 0 unspecified atom stereocenters. The van der Waals surface area contributed by atoms with Gasteiger partial charge in [-0.2, -0.15) is 0 Å². The predicted molar refractivity (Wildman–Crippen MR) is 146 cm³/mol. The predicted octanol–water partition coefficient (Wildman–Crippen LogP) is 2.80. The molecule has 0 radical (unpaired) electrons. The van der Waals surface area contributed by atoms with Crippen LogP contribution in [0.4, 0.5) is 0 Å². The summed E-state index contributed by atoms with van der Waals surface area (Å²) in [5.41, 5.74) is -0.242. The largest absolute Gasteiger partial charge is 0.461 e. The molecule has 2 aliphatic rings.